The molecule has 90 valence electrons. The number of carbonyl (C=O) groups excluding carboxylic acids is 1. The quantitative estimate of drug-likeness (QED) is 0.796. The minimum Gasteiger partial charge on any atom is -0.481 e. The fourth-order valence-electron chi connectivity index (χ4n) is 1.54. The molecule has 5 nitrogen and oxygen atoms in total. The van der Waals surface area contributed by atoms with Gasteiger partial charge in [-0.1, -0.05) is 6.07 Å². The van der Waals surface area contributed by atoms with Crippen molar-refractivity contribution in [3.8, 4) is 11.5 Å². The third-order valence-corrected chi connectivity index (χ3v) is 2.67. The number of carboxylic acid groups (broad SMARTS) is 1. The third kappa shape index (κ3) is 2.38. The van der Waals surface area contributed by atoms with Crippen LogP contribution in [-0.4, -0.2) is 23.7 Å². The Kier molecular flexibility index (Phi) is 2.99. The normalized spacial score (nSPS) is 14.4. The van der Waals surface area contributed by atoms with Crippen LogP contribution in [0.3, 0.4) is 0 Å². The molecule has 1 atom stereocenters. The largest absolute Gasteiger partial charge is 0.481 e. The van der Waals surface area contributed by atoms with Gasteiger partial charge in [-0.3, -0.25) is 9.59 Å². The SMILES string of the molecule is CC(C(=O)O)C(=O)Cc1ccc2c(c1)OCO2. The van der Waals surface area contributed by atoms with Crippen molar-refractivity contribution in [1.82, 2.24) is 0 Å². The molecule has 5 heteroatoms. The lowest BCUT2D eigenvalue weighted by atomic mass is 9.99. The van der Waals surface area contributed by atoms with Crippen LogP contribution in [0.1, 0.15) is 12.5 Å². The molecular formula is C12H12O5. The van der Waals surface area contributed by atoms with Gasteiger partial charge in [0.25, 0.3) is 0 Å². The monoisotopic (exact) mass is 236 g/mol. The van der Waals surface area contributed by atoms with Crippen LogP contribution in [0.25, 0.3) is 0 Å². The number of hydrogen-bond donors (Lipinski definition) is 1. The molecule has 1 aromatic rings. The van der Waals surface area contributed by atoms with Gasteiger partial charge in [0.1, 0.15) is 5.92 Å². The molecule has 0 saturated heterocycles. The molecule has 0 bridgehead atoms. The summed E-state index contributed by atoms with van der Waals surface area (Å²) in [6.07, 6.45) is 0.0874. The van der Waals surface area contributed by atoms with E-state index in [0.29, 0.717) is 11.5 Å². The topological polar surface area (TPSA) is 72.8 Å². The summed E-state index contributed by atoms with van der Waals surface area (Å²) in [6.45, 7) is 1.57. The molecule has 2 rings (SSSR count). The second-order valence-corrected chi connectivity index (χ2v) is 3.89. The van der Waals surface area contributed by atoms with Crippen LogP contribution in [0.15, 0.2) is 18.2 Å². The molecule has 1 aliphatic heterocycles. The molecule has 17 heavy (non-hydrogen) atoms. The second kappa shape index (κ2) is 4.45. The van der Waals surface area contributed by atoms with Crippen molar-refractivity contribution < 1.29 is 24.2 Å². The minimum absolute atomic E-state index is 0.0874. The molecular weight excluding hydrogens is 224 g/mol. The Hall–Kier alpha value is -2.04. The zero-order valence-electron chi connectivity index (χ0n) is 9.30. The standard InChI is InChI=1S/C12H12O5/c1-7(12(14)15)9(13)4-8-2-3-10-11(5-8)17-6-16-10/h2-3,5,7H,4,6H2,1H3,(H,14,15). The molecule has 0 fully saturated rings. The zero-order chi connectivity index (χ0) is 12.4. The highest BCUT2D eigenvalue weighted by atomic mass is 16.7. The molecule has 1 aliphatic rings. The molecule has 1 N–H and O–H groups in total. The van der Waals surface area contributed by atoms with Gasteiger partial charge in [0.05, 0.1) is 0 Å². The average Bonchev–Trinajstić information content (AvgIpc) is 2.74. The first kappa shape index (κ1) is 11.4. The molecule has 1 aromatic carbocycles. The van der Waals surface area contributed by atoms with Crippen LogP contribution in [0, 0.1) is 5.92 Å². The van der Waals surface area contributed by atoms with Crippen LogP contribution >= 0.6 is 0 Å². The molecule has 0 amide bonds. The van der Waals surface area contributed by atoms with E-state index in [1.165, 1.54) is 6.92 Å². The average molecular weight is 236 g/mol. The number of Topliss-reactive ketones (excluding diaryl/α,β-unsaturated/α-hetero) is 1. The summed E-state index contributed by atoms with van der Waals surface area (Å²) < 4.78 is 10.3. The summed E-state index contributed by atoms with van der Waals surface area (Å²) in [5, 5.41) is 8.72. The van der Waals surface area contributed by atoms with Gasteiger partial charge in [0.15, 0.2) is 17.3 Å². The van der Waals surface area contributed by atoms with Gasteiger partial charge in [-0.2, -0.15) is 0 Å². The number of aliphatic carboxylic acids is 1. The Bertz CT molecular complexity index is 466. The molecule has 0 saturated carbocycles. The van der Waals surface area contributed by atoms with Gasteiger partial charge in [0, 0.05) is 6.42 Å². The van der Waals surface area contributed by atoms with E-state index in [9.17, 15) is 9.59 Å². The molecule has 0 spiro atoms. The summed E-state index contributed by atoms with van der Waals surface area (Å²) in [5.74, 6) is -1.17. The molecule has 0 aliphatic carbocycles. The first-order valence-corrected chi connectivity index (χ1v) is 5.22. The number of carbonyl (C=O) groups is 2. The summed E-state index contributed by atoms with van der Waals surface area (Å²) >= 11 is 0. The predicted octanol–water partition coefficient (Wildman–Crippen LogP) is 1.25. The summed E-state index contributed by atoms with van der Waals surface area (Å²) in [4.78, 5) is 22.3. The third-order valence-electron chi connectivity index (χ3n) is 2.67. The van der Waals surface area contributed by atoms with Crippen LogP contribution in [-0.2, 0) is 16.0 Å². The first-order valence-electron chi connectivity index (χ1n) is 5.22. The Morgan fingerprint density at radius 3 is 2.76 bits per heavy atom. The van der Waals surface area contributed by atoms with Gasteiger partial charge in [0.2, 0.25) is 6.79 Å². The maximum absolute atomic E-state index is 11.6. The van der Waals surface area contributed by atoms with E-state index < -0.39 is 11.9 Å². The Labute approximate surface area is 98.0 Å². The molecule has 1 heterocycles. The van der Waals surface area contributed by atoms with Gasteiger partial charge in [-0.05, 0) is 24.6 Å². The maximum Gasteiger partial charge on any atom is 0.313 e. The van der Waals surface area contributed by atoms with E-state index in [4.69, 9.17) is 14.6 Å². The van der Waals surface area contributed by atoms with Crippen LogP contribution in [0.5, 0.6) is 11.5 Å². The van der Waals surface area contributed by atoms with E-state index in [2.05, 4.69) is 0 Å². The van der Waals surface area contributed by atoms with Crippen LogP contribution in [0.2, 0.25) is 0 Å². The smallest absolute Gasteiger partial charge is 0.313 e. The fourth-order valence-corrected chi connectivity index (χ4v) is 1.54. The number of rotatable bonds is 4. The zero-order valence-corrected chi connectivity index (χ0v) is 9.30. The summed E-state index contributed by atoms with van der Waals surface area (Å²) in [7, 11) is 0. The number of ketones is 1. The van der Waals surface area contributed by atoms with Crippen molar-refractivity contribution >= 4 is 11.8 Å². The second-order valence-electron chi connectivity index (χ2n) is 3.89. The van der Waals surface area contributed by atoms with E-state index in [1.807, 2.05) is 0 Å². The van der Waals surface area contributed by atoms with Gasteiger partial charge < -0.3 is 14.6 Å². The molecule has 0 aromatic heterocycles. The van der Waals surface area contributed by atoms with Gasteiger partial charge in [-0.25, -0.2) is 0 Å². The number of fused-ring (bicyclic) bond motifs is 1. The van der Waals surface area contributed by atoms with Crippen LogP contribution < -0.4 is 9.47 Å². The number of carboxylic acids is 1. The van der Waals surface area contributed by atoms with Crippen molar-refractivity contribution in [1.29, 1.82) is 0 Å². The highest BCUT2D eigenvalue weighted by Crippen LogP contribution is 2.32. The number of benzene rings is 1. The van der Waals surface area contributed by atoms with E-state index >= 15 is 0 Å². The van der Waals surface area contributed by atoms with Crippen molar-refractivity contribution in [2.45, 2.75) is 13.3 Å². The predicted molar refractivity (Wildman–Crippen MR) is 58.1 cm³/mol. The minimum atomic E-state index is -1.10. The van der Waals surface area contributed by atoms with Crippen molar-refractivity contribution in [3.05, 3.63) is 23.8 Å². The highest BCUT2D eigenvalue weighted by Gasteiger charge is 2.21. The summed E-state index contributed by atoms with van der Waals surface area (Å²) in [6, 6.07) is 5.16. The van der Waals surface area contributed by atoms with E-state index in [0.717, 1.165) is 5.56 Å². The Morgan fingerprint density at radius 2 is 2.06 bits per heavy atom. The first-order chi connectivity index (χ1) is 8.08. The van der Waals surface area contributed by atoms with E-state index in [1.54, 1.807) is 18.2 Å². The fraction of sp³-hybridized carbons (Fsp3) is 0.333. The van der Waals surface area contributed by atoms with Crippen LogP contribution in [0.4, 0.5) is 0 Å². The lowest BCUT2D eigenvalue weighted by Crippen LogP contribution is -2.22. The van der Waals surface area contributed by atoms with Gasteiger partial charge in [-0.15, -0.1) is 0 Å². The van der Waals surface area contributed by atoms with Crippen molar-refractivity contribution in [2.75, 3.05) is 6.79 Å². The lowest BCUT2D eigenvalue weighted by Gasteiger charge is -2.06. The molecule has 0 radical (unpaired) electrons. The van der Waals surface area contributed by atoms with Gasteiger partial charge >= 0.3 is 5.97 Å². The van der Waals surface area contributed by atoms with Crippen molar-refractivity contribution in [2.24, 2.45) is 5.92 Å². The Balaban J connectivity index is 2.09. The highest BCUT2D eigenvalue weighted by molar-refractivity contribution is 5.98. The maximum atomic E-state index is 11.6. The summed E-state index contributed by atoms with van der Waals surface area (Å²) in [5.41, 5.74) is 0.729. The van der Waals surface area contributed by atoms with Crippen molar-refractivity contribution in [3.63, 3.8) is 0 Å². The number of ether oxygens (including phenoxy) is 2. The van der Waals surface area contributed by atoms with E-state index in [-0.39, 0.29) is 19.0 Å². The molecule has 1 unspecified atom stereocenters. The lowest BCUT2D eigenvalue weighted by molar-refractivity contribution is -0.145. The Morgan fingerprint density at radius 1 is 1.35 bits per heavy atom. The number of hydrogen-bond acceptors (Lipinski definition) is 4.